The van der Waals surface area contributed by atoms with Crippen LogP contribution in [0.1, 0.15) is 72.6 Å². The van der Waals surface area contributed by atoms with Crippen LogP contribution in [0.15, 0.2) is 0 Å². The van der Waals surface area contributed by atoms with E-state index in [1.165, 1.54) is 7.11 Å². The summed E-state index contributed by atoms with van der Waals surface area (Å²) < 4.78 is 11.0. The van der Waals surface area contributed by atoms with Crippen molar-refractivity contribution in [3.05, 3.63) is 0 Å². The minimum atomic E-state index is -0.650. The maximum absolute atomic E-state index is 11.4. The lowest BCUT2D eigenvalue weighted by Gasteiger charge is -2.31. The van der Waals surface area contributed by atoms with Gasteiger partial charge in [-0.3, -0.25) is 4.79 Å². The Labute approximate surface area is 135 Å². The lowest BCUT2D eigenvalue weighted by Crippen LogP contribution is -2.34. The van der Waals surface area contributed by atoms with Crippen molar-refractivity contribution in [3.63, 3.8) is 0 Å². The van der Waals surface area contributed by atoms with Crippen LogP contribution in [-0.4, -0.2) is 36.0 Å². The number of rotatable bonds is 9. The van der Waals surface area contributed by atoms with Gasteiger partial charge in [-0.15, -0.1) is 0 Å². The van der Waals surface area contributed by atoms with Gasteiger partial charge >= 0.3 is 5.97 Å². The summed E-state index contributed by atoms with van der Waals surface area (Å²) in [6, 6.07) is 0. The van der Waals surface area contributed by atoms with E-state index in [9.17, 15) is 9.90 Å². The minimum absolute atomic E-state index is 0.0701. The van der Waals surface area contributed by atoms with Crippen molar-refractivity contribution in [2.75, 3.05) is 7.11 Å². The van der Waals surface area contributed by atoms with Crippen LogP contribution in [0.25, 0.3) is 0 Å². The molecule has 4 heteroatoms. The highest BCUT2D eigenvalue weighted by atomic mass is 16.5. The van der Waals surface area contributed by atoms with Gasteiger partial charge in [-0.05, 0) is 38.0 Å². The van der Waals surface area contributed by atoms with Crippen LogP contribution in [-0.2, 0) is 14.3 Å². The first-order valence-electron chi connectivity index (χ1n) is 8.81. The Kier molecular flexibility index (Phi) is 7.84. The zero-order chi connectivity index (χ0) is 16.8. The number of hydrogen-bond donors (Lipinski definition) is 1. The summed E-state index contributed by atoms with van der Waals surface area (Å²) in [5.74, 6) is 0.334. The predicted octanol–water partition coefficient (Wildman–Crippen LogP) is 3.70. The lowest BCUT2D eigenvalue weighted by atomic mass is 9.81. The Morgan fingerprint density at radius 1 is 1.41 bits per heavy atom. The molecule has 4 nitrogen and oxygen atoms in total. The van der Waals surface area contributed by atoms with Crippen LogP contribution in [0.4, 0.5) is 0 Å². The third-order valence-corrected chi connectivity index (χ3v) is 5.12. The molecule has 0 aromatic carbocycles. The largest absolute Gasteiger partial charge is 0.469 e. The van der Waals surface area contributed by atoms with E-state index in [0.29, 0.717) is 12.0 Å². The first kappa shape index (κ1) is 19.4. The van der Waals surface area contributed by atoms with Crippen LogP contribution in [0, 0.1) is 11.8 Å². The van der Waals surface area contributed by atoms with Gasteiger partial charge in [0, 0.05) is 0 Å². The SMILES string of the molecule is CCC[C@@H]1O[C@](C)(C[C@@H](CC)[C@H](O)CC(=O)OC)CC1CC. The van der Waals surface area contributed by atoms with Crippen LogP contribution in [0.2, 0.25) is 0 Å². The van der Waals surface area contributed by atoms with Gasteiger partial charge in [-0.25, -0.2) is 0 Å². The number of methoxy groups -OCH3 is 1. The fraction of sp³-hybridized carbons (Fsp3) is 0.944. The molecule has 1 saturated heterocycles. The van der Waals surface area contributed by atoms with Gasteiger partial charge in [0.25, 0.3) is 0 Å². The number of carbonyl (C=O) groups is 1. The summed E-state index contributed by atoms with van der Waals surface area (Å²) in [6.45, 7) is 8.65. The average molecular weight is 314 g/mol. The first-order chi connectivity index (χ1) is 10.4. The van der Waals surface area contributed by atoms with Crippen LogP contribution in [0.5, 0.6) is 0 Å². The van der Waals surface area contributed by atoms with Gasteiger partial charge in [0.15, 0.2) is 0 Å². The van der Waals surface area contributed by atoms with Gasteiger partial charge in [0.2, 0.25) is 0 Å². The van der Waals surface area contributed by atoms with E-state index < -0.39 is 6.10 Å². The van der Waals surface area contributed by atoms with Gasteiger partial charge in [-0.2, -0.15) is 0 Å². The van der Waals surface area contributed by atoms with Crippen molar-refractivity contribution in [1.29, 1.82) is 0 Å². The molecule has 1 fully saturated rings. The van der Waals surface area contributed by atoms with E-state index in [4.69, 9.17) is 4.74 Å². The lowest BCUT2D eigenvalue weighted by molar-refractivity contribution is -0.144. The highest BCUT2D eigenvalue weighted by Crippen LogP contribution is 2.43. The van der Waals surface area contributed by atoms with Gasteiger partial charge in [0.1, 0.15) is 0 Å². The molecular weight excluding hydrogens is 280 g/mol. The van der Waals surface area contributed by atoms with Gasteiger partial charge in [0.05, 0.1) is 31.3 Å². The standard InChI is InChI=1S/C18H34O4/c1-6-9-16-14(8-3)12-18(4,22-16)11-13(7-2)15(19)10-17(20)21-5/h13-16,19H,6-12H2,1-5H3/t13-,14?,15-,16+,18-/m1/s1. The molecule has 0 saturated carbocycles. The Hall–Kier alpha value is -0.610. The minimum Gasteiger partial charge on any atom is -0.469 e. The molecule has 5 atom stereocenters. The fourth-order valence-electron chi connectivity index (χ4n) is 3.84. The Bertz CT molecular complexity index is 344. The number of ether oxygens (including phenoxy) is 2. The molecule has 0 aliphatic carbocycles. The van der Waals surface area contributed by atoms with Crippen LogP contribution < -0.4 is 0 Å². The zero-order valence-electron chi connectivity index (χ0n) is 14.9. The highest BCUT2D eigenvalue weighted by Gasteiger charge is 2.43. The summed E-state index contributed by atoms with van der Waals surface area (Å²) in [7, 11) is 1.36. The topological polar surface area (TPSA) is 55.8 Å². The molecule has 1 rings (SSSR count). The van der Waals surface area contributed by atoms with Crippen molar-refractivity contribution in [2.24, 2.45) is 11.8 Å². The molecular formula is C18H34O4. The van der Waals surface area contributed by atoms with Crippen molar-refractivity contribution < 1.29 is 19.4 Å². The molecule has 1 aliphatic heterocycles. The zero-order valence-corrected chi connectivity index (χ0v) is 14.9. The summed E-state index contributed by atoms with van der Waals surface area (Å²) in [4.78, 5) is 11.4. The predicted molar refractivity (Wildman–Crippen MR) is 87.6 cm³/mol. The molecule has 0 spiro atoms. The van der Waals surface area contributed by atoms with E-state index >= 15 is 0 Å². The Balaban J connectivity index is 2.67. The molecule has 0 radical (unpaired) electrons. The average Bonchev–Trinajstić information content (AvgIpc) is 2.81. The highest BCUT2D eigenvalue weighted by molar-refractivity contribution is 5.69. The normalized spacial score (nSPS) is 31.0. The monoisotopic (exact) mass is 314 g/mol. The number of aliphatic hydroxyl groups excluding tert-OH is 1. The molecule has 1 N–H and O–H groups in total. The summed E-state index contributed by atoms with van der Waals surface area (Å²) in [5.41, 5.74) is -0.182. The first-order valence-corrected chi connectivity index (χ1v) is 8.81. The third-order valence-electron chi connectivity index (χ3n) is 5.12. The van der Waals surface area contributed by atoms with E-state index in [0.717, 1.165) is 38.5 Å². The number of hydrogen-bond acceptors (Lipinski definition) is 4. The van der Waals surface area contributed by atoms with Crippen molar-refractivity contribution in [1.82, 2.24) is 0 Å². The second kappa shape index (κ2) is 8.88. The summed E-state index contributed by atoms with van der Waals surface area (Å²) in [5, 5.41) is 10.3. The van der Waals surface area contributed by atoms with Crippen molar-refractivity contribution >= 4 is 5.97 Å². The third kappa shape index (κ3) is 5.24. The van der Waals surface area contributed by atoms with Gasteiger partial charge in [-0.1, -0.05) is 40.0 Å². The molecule has 0 aromatic rings. The molecule has 1 heterocycles. The molecule has 22 heavy (non-hydrogen) atoms. The fourth-order valence-corrected chi connectivity index (χ4v) is 3.84. The molecule has 0 aromatic heterocycles. The number of esters is 1. The molecule has 130 valence electrons. The summed E-state index contributed by atoms with van der Waals surface area (Å²) >= 11 is 0. The van der Waals surface area contributed by atoms with E-state index in [-0.39, 0.29) is 23.9 Å². The molecule has 0 bridgehead atoms. The Morgan fingerprint density at radius 2 is 2.09 bits per heavy atom. The second-order valence-electron chi connectivity index (χ2n) is 6.99. The Morgan fingerprint density at radius 3 is 2.59 bits per heavy atom. The van der Waals surface area contributed by atoms with Crippen molar-refractivity contribution in [2.45, 2.75) is 90.4 Å². The number of aliphatic hydroxyl groups is 1. The van der Waals surface area contributed by atoms with Gasteiger partial charge < -0.3 is 14.6 Å². The van der Waals surface area contributed by atoms with Crippen LogP contribution >= 0.6 is 0 Å². The van der Waals surface area contributed by atoms with E-state index in [1.54, 1.807) is 0 Å². The van der Waals surface area contributed by atoms with Crippen LogP contribution in [0.3, 0.4) is 0 Å². The summed E-state index contributed by atoms with van der Waals surface area (Å²) in [6.07, 6.45) is 5.84. The smallest absolute Gasteiger partial charge is 0.308 e. The molecule has 1 unspecified atom stereocenters. The molecule has 1 aliphatic rings. The maximum atomic E-state index is 11.4. The quantitative estimate of drug-likeness (QED) is 0.659. The van der Waals surface area contributed by atoms with E-state index in [2.05, 4.69) is 32.4 Å². The number of carbonyl (C=O) groups excluding carboxylic acids is 1. The van der Waals surface area contributed by atoms with E-state index in [1.807, 2.05) is 0 Å². The maximum Gasteiger partial charge on any atom is 0.308 e. The second-order valence-corrected chi connectivity index (χ2v) is 6.99. The van der Waals surface area contributed by atoms with Crippen molar-refractivity contribution in [3.8, 4) is 0 Å². The molecule has 0 amide bonds.